The average molecular weight is 448 g/mol. The lowest BCUT2D eigenvalue weighted by atomic mass is 9.41. The van der Waals surface area contributed by atoms with E-state index >= 15 is 0 Å². The highest BCUT2D eigenvalue weighted by Crippen LogP contribution is 2.64. The molecule has 9 unspecified atom stereocenters. The van der Waals surface area contributed by atoms with Gasteiger partial charge in [0.25, 0.3) is 0 Å². The van der Waals surface area contributed by atoms with Crippen molar-refractivity contribution in [2.24, 2.45) is 40.9 Å². The molecule has 6 nitrogen and oxygen atoms in total. The van der Waals surface area contributed by atoms with Crippen LogP contribution in [0.25, 0.3) is 0 Å². The van der Waals surface area contributed by atoms with Crippen LogP contribution in [0, 0.1) is 40.9 Å². The number of aliphatic hydroxyl groups is 2. The Morgan fingerprint density at radius 3 is 2.62 bits per heavy atom. The quantitative estimate of drug-likeness (QED) is 0.676. The van der Waals surface area contributed by atoms with Crippen molar-refractivity contribution in [3.63, 3.8) is 0 Å². The topological polar surface area (TPSA) is 87.1 Å². The summed E-state index contributed by atoms with van der Waals surface area (Å²) in [4.78, 5) is 30.0. The molecule has 1 spiro atoms. The van der Waals surface area contributed by atoms with Gasteiger partial charge in [-0.2, -0.15) is 0 Å². The number of ketones is 2. The summed E-state index contributed by atoms with van der Waals surface area (Å²) >= 11 is 0. The third kappa shape index (κ3) is 3.52. The molecule has 6 heteroatoms. The van der Waals surface area contributed by atoms with Gasteiger partial charge in [0.15, 0.2) is 0 Å². The molecule has 1 saturated heterocycles. The molecule has 180 valence electrons. The van der Waals surface area contributed by atoms with Gasteiger partial charge in [0.2, 0.25) is 0 Å². The number of fused-ring (bicyclic) bond motifs is 3. The number of hydrogen-bond donors (Lipinski definition) is 2. The van der Waals surface area contributed by atoms with Crippen molar-refractivity contribution >= 4 is 11.6 Å². The Morgan fingerprint density at radius 2 is 1.88 bits per heavy atom. The van der Waals surface area contributed by atoms with Crippen LogP contribution in [0.4, 0.5) is 0 Å². The van der Waals surface area contributed by atoms with Crippen LogP contribution in [0.3, 0.4) is 0 Å². The first-order chi connectivity index (χ1) is 15.3. The van der Waals surface area contributed by atoms with Crippen LogP contribution in [0.2, 0.25) is 0 Å². The van der Waals surface area contributed by atoms with Gasteiger partial charge in [0.05, 0.1) is 30.3 Å². The Labute approximate surface area is 192 Å². The number of rotatable bonds is 2. The van der Waals surface area contributed by atoms with Gasteiger partial charge in [0.1, 0.15) is 11.6 Å². The van der Waals surface area contributed by atoms with Crippen molar-refractivity contribution < 1.29 is 24.5 Å². The van der Waals surface area contributed by atoms with Crippen LogP contribution in [0.15, 0.2) is 0 Å². The number of ether oxygens (including phenoxy) is 1. The van der Waals surface area contributed by atoms with E-state index in [1.54, 1.807) is 0 Å². The van der Waals surface area contributed by atoms with Crippen molar-refractivity contribution in [2.45, 2.75) is 76.9 Å². The maximum atomic E-state index is 14.1. The first-order valence-corrected chi connectivity index (χ1v) is 13.0. The molecule has 6 aliphatic rings. The van der Waals surface area contributed by atoms with Crippen molar-refractivity contribution in [2.75, 3.05) is 32.8 Å². The predicted molar refractivity (Wildman–Crippen MR) is 120 cm³/mol. The average Bonchev–Trinajstić information content (AvgIpc) is 2.82. The Morgan fingerprint density at radius 1 is 1.12 bits per heavy atom. The smallest absolute Gasteiger partial charge is 0.146 e. The van der Waals surface area contributed by atoms with Gasteiger partial charge in [0, 0.05) is 37.9 Å². The monoisotopic (exact) mass is 447 g/mol. The largest absolute Gasteiger partial charge is 0.392 e. The van der Waals surface area contributed by atoms with Crippen molar-refractivity contribution in [3.8, 4) is 0 Å². The van der Waals surface area contributed by atoms with E-state index in [-0.39, 0.29) is 41.2 Å². The fourth-order valence-electron chi connectivity index (χ4n) is 8.36. The molecule has 1 heterocycles. The second kappa shape index (κ2) is 8.44. The second-order valence-electron chi connectivity index (χ2n) is 11.8. The summed E-state index contributed by atoms with van der Waals surface area (Å²) in [5, 5.41) is 22.8. The van der Waals surface area contributed by atoms with Crippen LogP contribution in [-0.2, 0) is 14.3 Å². The summed E-state index contributed by atoms with van der Waals surface area (Å²) in [6.45, 7) is 7.90. The number of Topliss-reactive ketones (excluding diaryl/α,β-unsaturated/α-hetero) is 2. The molecule has 0 aromatic carbocycles. The zero-order valence-corrected chi connectivity index (χ0v) is 19.8. The number of hydrogen-bond acceptors (Lipinski definition) is 6. The van der Waals surface area contributed by atoms with E-state index in [1.807, 2.05) is 6.92 Å². The van der Waals surface area contributed by atoms with E-state index in [4.69, 9.17) is 4.74 Å². The molecule has 6 rings (SSSR count). The first-order valence-electron chi connectivity index (χ1n) is 13.0. The van der Waals surface area contributed by atoms with Crippen LogP contribution in [0.5, 0.6) is 0 Å². The molecule has 1 aliphatic heterocycles. The van der Waals surface area contributed by atoms with Gasteiger partial charge in [-0.25, -0.2) is 0 Å². The van der Waals surface area contributed by atoms with Crippen molar-refractivity contribution in [1.29, 1.82) is 0 Å². The third-order valence-electron chi connectivity index (χ3n) is 10.4. The van der Waals surface area contributed by atoms with Crippen molar-refractivity contribution in [1.82, 2.24) is 4.90 Å². The van der Waals surface area contributed by atoms with E-state index in [1.165, 1.54) is 0 Å². The lowest BCUT2D eigenvalue weighted by Gasteiger charge is -2.63. The Kier molecular flexibility index (Phi) is 6.05. The summed E-state index contributed by atoms with van der Waals surface area (Å²) in [5.74, 6) is 0.403. The van der Waals surface area contributed by atoms with Gasteiger partial charge >= 0.3 is 0 Å². The fraction of sp³-hybridized carbons (Fsp3) is 0.923. The van der Waals surface area contributed by atoms with Crippen LogP contribution < -0.4 is 0 Å². The molecule has 2 N–H and O–H groups in total. The minimum atomic E-state index is -0.839. The highest BCUT2D eigenvalue weighted by atomic mass is 16.5. The van der Waals surface area contributed by atoms with Gasteiger partial charge in [-0.1, -0.05) is 13.3 Å². The molecule has 5 aliphatic carbocycles. The zero-order chi connectivity index (χ0) is 22.7. The summed E-state index contributed by atoms with van der Waals surface area (Å²) in [6.07, 6.45) is 5.24. The third-order valence-corrected chi connectivity index (χ3v) is 10.4. The van der Waals surface area contributed by atoms with Crippen LogP contribution in [0.1, 0.15) is 65.2 Å². The summed E-state index contributed by atoms with van der Waals surface area (Å²) in [7, 11) is 0. The van der Waals surface area contributed by atoms with E-state index in [0.717, 1.165) is 65.0 Å². The summed E-state index contributed by atoms with van der Waals surface area (Å²) in [5.41, 5.74) is -1.60. The van der Waals surface area contributed by atoms with Gasteiger partial charge < -0.3 is 14.9 Å². The second-order valence-corrected chi connectivity index (χ2v) is 11.8. The summed E-state index contributed by atoms with van der Waals surface area (Å²) < 4.78 is 5.48. The molecule has 9 atom stereocenters. The maximum Gasteiger partial charge on any atom is 0.146 e. The predicted octanol–water partition coefficient (Wildman–Crippen LogP) is 2.45. The van der Waals surface area contributed by atoms with E-state index in [9.17, 15) is 19.8 Å². The lowest BCUT2D eigenvalue weighted by Crippen LogP contribution is -2.67. The van der Waals surface area contributed by atoms with Gasteiger partial charge in [-0.3, -0.25) is 14.5 Å². The fourth-order valence-corrected chi connectivity index (χ4v) is 8.36. The van der Waals surface area contributed by atoms with E-state index in [2.05, 4.69) is 11.8 Å². The van der Waals surface area contributed by atoms with E-state index < -0.39 is 17.1 Å². The SMILES string of the molecule is CC1C2CC(O)C34CCC(CC3C2C(=O)CCCCC1(C)O)C(CN1CCOCC1)C4=O. The highest BCUT2D eigenvalue weighted by molar-refractivity contribution is 5.92. The summed E-state index contributed by atoms with van der Waals surface area (Å²) in [6, 6.07) is 0. The van der Waals surface area contributed by atoms with Crippen LogP contribution in [-0.4, -0.2) is 71.2 Å². The molecule has 2 bridgehead atoms. The highest BCUT2D eigenvalue weighted by Gasteiger charge is 2.67. The molecule has 0 amide bonds. The minimum absolute atomic E-state index is 0.0312. The minimum Gasteiger partial charge on any atom is -0.392 e. The number of nitrogens with zero attached hydrogens (tertiary/aromatic N) is 1. The molecular formula is C26H41NO5. The molecule has 0 radical (unpaired) electrons. The number of carbonyl (C=O) groups is 2. The lowest BCUT2D eigenvalue weighted by molar-refractivity contribution is -0.199. The first kappa shape index (κ1) is 22.9. The number of aliphatic hydroxyl groups excluding tert-OH is 1. The number of carbonyl (C=O) groups excluding carboxylic acids is 2. The number of morpholine rings is 1. The Hall–Kier alpha value is -0.820. The Bertz CT molecular complexity index is 746. The Balaban J connectivity index is 1.47. The molecule has 0 aromatic rings. The normalized spacial score (nSPS) is 50.2. The van der Waals surface area contributed by atoms with Crippen molar-refractivity contribution in [3.05, 3.63) is 0 Å². The van der Waals surface area contributed by atoms with E-state index in [0.29, 0.717) is 25.2 Å². The molecule has 32 heavy (non-hydrogen) atoms. The maximum absolute atomic E-state index is 14.1. The molecule has 0 aromatic heterocycles. The molecular weight excluding hydrogens is 406 g/mol. The zero-order valence-electron chi connectivity index (χ0n) is 19.8. The standard InChI is InChI=1S/C26H41NO5/c1-16-18-14-22(29)26-8-6-17(19(24(26)30)15-27-9-11-32-12-10-27)13-20(26)23(18)21(28)5-3-4-7-25(16,2)31/h16-20,22-23,29,31H,3-15H2,1-2H3. The molecule has 5 saturated carbocycles. The van der Waals surface area contributed by atoms with Gasteiger partial charge in [-0.05, 0) is 69.1 Å². The van der Waals surface area contributed by atoms with Gasteiger partial charge in [-0.15, -0.1) is 0 Å². The van der Waals surface area contributed by atoms with Crippen LogP contribution >= 0.6 is 0 Å². The molecule has 6 fully saturated rings.